The molecule has 0 spiro atoms. The third-order valence-electron chi connectivity index (χ3n) is 3.89. The Morgan fingerprint density at radius 2 is 1.52 bits per heavy atom. The average molecular weight is 280 g/mol. The third-order valence-corrected chi connectivity index (χ3v) is 3.89. The van der Waals surface area contributed by atoms with E-state index in [1.807, 2.05) is 23.1 Å². The van der Waals surface area contributed by atoms with Gasteiger partial charge < -0.3 is 10.2 Å². The van der Waals surface area contributed by atoms with E-state index in [9.17, 15) is 4.79 Å². The highest BCUT2D eigenvalue weighted by Crippen LogP contribution is 2.19. The quantitative estimate of drug-likeness (QED) is 0.936. The number of rotatable bonds is 3. The van der Waals surface area contributed by atoms with Gasteiger partial charge in [-0.3, -0.25) is 4.79 Å². The number of hydrogen-bond acceptors (Lipinski definition) is 2. The van der Waals surface area contributed by atoms with Gasteiger partial charge in [-0.2, -0.15) is 0 Å². The number of amides is 1. The van der Waals surface area contributed by atoms with Gasteiger partial charge in [0.25, 0.3) is 0 Å². The second-order valence-electron chi connectivity index (χ2n) is 5.37. The van der Waals surface area contributed by atoms with E-state index < -0.39 is 0 Å². The van der Waals surface area contributed by atoms with Crippen LogP contribution in [-0.4, -0.2) is 37.0 Å². The molecule has 1 heterocycles. The molecule has 3 nitrogen and oxygen atoms in total. The highest BCUT2D eigenvalue weighted by molar-refractivity contribution is 5.79. The Morgan fingerprint density at radius 1 is 0.905 bits per heavy atom. The van der Waals surface area contributed by atoms with Gasteiger partial charge in [0.15, 0.2) is 0 Å². The Labute approximate surface area is 125 Å². The summed E-state index contributed by atoms with van der Waals surface area (Å²) in [5.74, 6) is 0.226. The first-order valence-electron chi connectivity index (χ1n) is 7.46. The molecule has 0 atom stereocenters. The third kappa shape index (κ3) is 3.50. The monoisotopic (exact) mass is 280 g/mol. The maximum atomic E-state index is 12.2. The summed E-state index contributed by atoms with van der Waals surface area (Å²) in [7, 11) is 0. The molecule has 0 saturated carbocycles. The molecule has 3 rings (SSSR count). The van der Waals surface area contributed by atoms with Gasteiger partial charge in [-0.15, -0.1) is 0 Å². The summed E-state index contributed by atoms with van der Waals surface area (Å²) in [6.45, 7) is 3.44. The van der Waals surface area contributed by atoms with Crippen LogP contribution in [0.2, 0.25) is 0 Å². The second kappa shape index (κ2) is 6.55. The van der Waals surface area contributed by atoms with Crippen molar-refractivity contribution in [2.45, 2.75) is 6.42 Å². The minimum atomic E-state index is 0.226. The van der Waals surface area contributed by atoms with Crippen LogP contribution in [0, 0.1) is 0 Å². The fourth-order valence-electron chi connectivity index (χ4n) is 2.65. The normalized spacial score (nSPS) is 15.0. The molecule has 0 radical (unpaired) electrons. The van der Waals surface area contributed by atoms with E-state index in [2.05, 4.69) is 41.7 Å². The van der Waals surface area contributed by atoms with Gasteiger partial charge >= 0.3 is 0 Å². The summed E-state index contributed by atoms with van der Waals surface area (Å²) in [4.78, 5) is 14.2. The molecule has 2 aromatic carbocycles. The lowest BCUT2D eigenvalue weighted by atomic mass is 10.0. The van der Waals surface area contributed by atoms with Gasteiger partial charge in [0.1, 0.15) is 0 Å². The average Bonchev–Trinajstić information content (AvgIpc) is 2.57. The summed E-state index contributed by atoms with van der Waals surface area (Å²) in [6.07, 6.45) is 0.495. The van der Waals surface area contributed by atoms with Crippen LogP contribution in [0.1, 0.15) is 5.56 Å². The molecule has 1 saturated heterocycles. The smallest absolute Gasteiger partial charge is 0.227 e. The molecular formula is C18H20N2O. The number of nitrogens with zero attached hydrogens (tertiary/aromatic N) is 1. The predicted molar refractivity (Wildman–Crippen MR) is 85.0 cm³/mol. The Kier molecular flexibility index (Phi) is 4.31. The van der Waals surface area contributed by atoms with Crippen LogP contribution in [0.4, 0.5) is 0 Å². The van der Waals surface area contributed by atoms with E-state index in [4.69, 9.17) is 0 Å². The standard InChI is InChI=1S/C18H20N2O/c21-18(20-12-10-19-11-13-20)14-15-6-8-17(9-7-15)16-4-2-1-3-5-16/h1-9,19H,10-14H2. The molecule has 3 heteroatoms. The van der Waals surface area contributed by atoms with Crippen LogP contribution < -0.4 is 5.32 Å². The van der Waals surface area contributed by atoms with Crippen LogP contribution in [0.3, 0.4) is 0 Å². The molecule has 21 heavy (non-hydrogen) atoms. The number of piperazine rings is 1. The number of benzene rings is 2. The first kappa shape index (κ1) is 13.8. The molecule has 1 aliphatic heterocycles. The van der Waals surface area contributed by atoms with Crippen molar-refractivity contribution in [2.24, 2.45) is 0 Å². The van der Waals surface area contributed by atoms with E-state index in [-0.39, 0.29) is 5.91 Å². The molecule has 2 aromatic rings. The zero-order valence-electron chi connectivity index (χ0n) is 12.1. The molecule has 1 N–H and O–H groups in total. The molecule has 108 valence electrons. The first-order valence-corrected chi connectivity index (χ1v) is 7.46. The van der Waals surface area contributed by atoms with E-state index in [1.54, 1.807) is 0 Å². The summed E-state index contributed by atoms with van der Waals surface area (Å²) in [5.41, 5.74) is 3.48. The van der Waals surface area contributed by atoms with Crippen LogP contribution >= 0.6 is 0 Å². The molecule has 0 bridgehead atoms. The van der Waals surface area contributed by atoms with Crippen molar-refractivity contribution >= 4 is 5.91 Å². The van der Waals surface area contributed by atoms with Crippen molar-refractivity contribution in [3.63, 3.8) is 0 Å². The minimum Gasteiger partial charge on any atom is -0.340 e. The molecule has 1 fully saturated rings. The zero-order chi connectivity index (χ0) is 14.5. The van der Waals surface area contributed by atoms with E-state index in [1.165, 1.54) is 11.1 Å². The van der Waals surface area contributed by atoms with Crippen LogP contribution in [0.15, 0.2) is 54.6 Å². The highest BCUT2D eigenvalue weighted by Gasteiger charge is 2.16. The maximum Gasteiger partial charge on any atom is 0.227 e. The Bertz CT molecular complexity index is 586. The summed E-state index contributed by atoms with van der Waals surface area (Å²) >= 11 is 0. The molecule has 0 unspecified atom stereocenters. The number of hydrogen-bond donors (Lipinski definition) is 1. The second-order valence-corrected chi connectivity index (χ2v) is 5.37. The topological polar surface area (TPSA) is 32.3 Å². The lowest BCUT2D eigenvalue weighted by Crippen LogP contribution is -2.46. The SMILES string of the molecule is O=C(Cc1ccc(-c2ccccc2)cc1)N1CCNCC1. The van der Waals surface area contributed by atoms with Crippen molar-refractivity contribution in [3.05, 3.63) is 60.2 Å². The maximum absolute atomic E-state index is 12.2. The number of carbonyl (C=O) groups is 1. The molecule has 0 aliphatic carbocycles. The van der Waals surface area contributed by atoms with Crippen LogP contribution in [0.25, 0.3) is 11.1 Å². The van der Waals surface area contributed by atoms with Crippen molar-refractivity contribution < 1.29 is 4.79 Å². The molecular weight excluding hydrogens is 260 g/mol. The molecule has 1 aliphatic rings. The first-order chi connectivity index (χ1) is 10.3. The molecule has 0 aromatic heterocycles. The van der Waals surface area contributed by atoms with Crippen LogP contribution in [0.5, 0.6) is 0 Å². The predicted octanol–water partition coefficient (Wildman–Crippen LogP) is 2.33. The lowest BCUT2D eigenvalue weighted by molar-refractivity contribution is -0.131. The fourth-order valence-corrected chi connectivity index (χ4v) is 2.65. The summed E-state index contributed by atoms with van der Waals surface area (Å²) < 4.78 is 0. The van der Waals surface area contributed by atoms with Gasteiger partial charge in [0.2, 0.25) is 5.91 Å². The van der Waals surface area contributed by atoms with Gasteiger partial charge in [0.05, 0.1) is 6.42 Å². The Hall–Kier alpha value is -2.13. The molecule has 1 amide bonds. The number of nitrogens with one attached hydrogen (secondary N) is 1. The van der Waals surface area contributed by atoms with E-state index in [0.717, 1.165) is 31.7 Å². The van der Waals surface area contributed by atoms with Crippen LogP contribution in [-0.2, 0) is 11.2 Å². The van der Waals surface area contributed by atoms with E-state index in [0.29, 0.717) is 6.42 Å². The Balaban J connectivity index is 1.65. The van der Waals surface area contributed by atoms with Crippen molar-refractivity contribution in [1.29, 1.82) is 0 Å². The van der Waals surface area contributed by atoms with E-state index >= 15 is 0 Å². The summed E-state index contributed by atoms with van der Waals surface area (Å²) in [6, 6.07) is 18.6. The van der Waals surface area contributed by atoms with Crippen molar-refractivity contribution in [2.75, 3.05) is 26.2 Å². The Morgan fingerprint density at radius 3 is 2.19 bits per heavy atom. The lowest BCUT2D eigenvalue weighted by Gasteiger charge is -2.27. The van der Waals surface area contributed by atoms with Gasteiger partial charge in [-0.25, -0.2) is 0 Å². The van der Waals surface area contributed by atoms with Gasteiger partial charge in [-0.05, 0) is 16.7 Å². The van der Waals surface area contributed by atoms with Crippen molar-refractivity contribution in [1.82, 2.24) is 10.2 Å². The van der Waals surface area contributed by atoms with Gasteiger partial charge in [0, 0.05) is 26.2 Å². The largest absolute Gasteiger partial charge is 0.340 e. The zero-order valence-corrected chi connectivity index (χ0v) is 12.1. The minimum absolute atomic E-state index is 0.226. The summed E-state index contributed by atoms with van der Waals surface area (Å²) in [5, 5.41) is 3.27. The van der Waals surface area contributed by atoms with Crippen molar-refractivity contribution in [3.8, 4) is 11.1 Å². The van der Waals surface area contributed by atoms with Gasteiger partial charge in [-0.1, -0.05) is 54.6 Å². The fraction of sp³-hybridized carbons (Fsp3) is 0.278. The number of carbonyl (C=O) groups excluding carboxylic acids is 1. The highest BCUT2D eigenvalue weighted by atomic mass is 16.2.